The van der Waals surface area contributed by atoms with E-state index in [1.807, 2.05) is 0 Å². The molecule has 1 aromatic heterocycles. The number of rotatable bonds is 3. The van der Waals surface area contributed by atoms with Crippen molar-refractivity contribution < 1.29 is 27.4 Å². The molecule has 9 heteroatoms. The maximum absolute atomic E-state index is 15.2. The van der Waals surface area contributed by atoms with Crippen molar-refractivity contribution in [1.82, 2.24) is 14.8 Å². The minimum absolute atomic E-state index is 0.0185. The monoisotopic (exact) mass is 407 g/mol. The van der Waals surface area contributed by atoms with Crippen molar-refractivity contribution in [2.75, 3.05) is 0 Å². The highest BCUT2D eigenvalue weighted by Gasteiger charge is 2.52. The van der Waals surface area contributed by atoms with Crippen molar-refractivity contribution in [2.45, 2.75) is 31.7 Å². The zero-order valence-electron chi connectivity index (χ0n) is 15.8. The normalized spacial score (nSPS) is 21.7. The van der Waals surface area contributed by atoms with Gasteiger partial charge in [0.15, 0.2) is 29.4 Å². The molecule has 0 radical (unpaired) electrons. The van der Waals surface area contributed by atoms with Crippen LogP contribution in [0.5, 0.6) is 5.75 Å². The lowest BCUT2D eigenvalue weighted by atomic mass is 9.95. The van der Waals surface area contributed by atoms with Crippen molar-refractivity contribution >= 4 is 0 Å². The van der Waals surface area contributed by atoms with Crippen LogP contribution in [0.3, 0.4) is 0 Å². The molecule has 2 aromatic carbocycles. The highest BCUT2D eigenvalue weighted by molar-refractivity contribution is 5.57. The number of alkyl halides is 1. The largest absolute Gasteiger partial charge is 0.473 e. The summed E-state index contributed by atoms with van der Waals surface area (Å²) in [6, 6.07) is 5.63. The first-order chi connectivity index (χ1) is 13.6. The van der Waals surface area contributed by atoms with Gasteiger partial charge in [0.2, 0.25) is 5.60 Å². The fraction of sp³-hybridized carbons (Fsp3) is 0.300. The van der Waals surface area contributed by atoms with E-state index in [1.54, 1.807) is 0 Å². The summed E-state index contributed by atoms with van der Waals surface area (Å²) >= 11 is 0. The second-order valence-electron chi connectivity index (χ2n) is 7.20. The Bertz CT molecular complexity index is 1120. The summed E-state index contributed by atoms with van der Waals surface area (Å²) in [5.74, 6) is -2.90. The highest BCUT2D eigenvalue weighted by Crippen LogP contribution is 2.51. The molecule has 29 heavy (non-hydrogen) atoms. The summed E-state index contributed by atoms with van der Waals surface area (Å²) in [5, 5.41) is 17.5. The lowest BCUT2D eigenvalue weighted by molar-refractivity contribution is 0.0185. The van der Waals surface area contributed by atoms with Gasteiger partial charge < -0.3 is 14.4 Å². The molecule has 0 spiro atoms. The number of hydrogen-bond donors (Lipinski definition) is 1. The average Bonchev–Trinajstić information content (AvgIpc) is 3.15. The summed E-state index contributed by atoms with van der Waals surface area (Å²) < 4.78 is 64.2. The van der Waals surface area contributed by atoms with Crippen LogP contribution in [0.15, 0.2) is 30.3 Å². The number of hydrogen-bond acceptors (Lipinski definition) is 4. The Morgan fingerprint density at radius 1 is 1.14 bits per heavy atom. The zero-order chi connectivity index (χ0) is 21.1. The third-order valence-electron chi connectivity index (χ3n) is 5.14. The van der Waals surface area contributed by atoms with E-state index < -0.39 is 41.1 Å². The highest BCUT2D eigenvalue weighted by atomic mass is 19.1. The van der Waals surface area contributed by atoms with E-state index in [9.17, 15) is 18.3 Å². The number of aliphatic hydroxyl groups is 1. The van der Waals surface area contributed by atoms with Crippen LogP contribution in [0.2, 0.25) is 0 Å². The van der Waals surface area contributed by atoms with Crippen LogP contribution in [-0.4, -0.2) is 19.9 Å². The second-order valence-corrected chi connectivity index (χ2v) is 7.20. The maximum Gasteiger partial charge on any atom is 0.201 e. The summed E-state index contributed by atoms with van der Waals surface area (Å²) in [6.07, 6.45) is -2.76. The molecule has 2 heterocycles. The van der Waals surface area contributed by atoms with Gasteiger partial charge in [-0.15, -0.1) is 10.2 Å². The third-order valence-corrected chi connectivity index (χ3v) is 5.14. The Hall–Kier alpha value is -2.94. The average molecular weight is 407 g/mol. The summed E-state index contributed by atoms with van der Waals surface area (Å²) in [7, 11) is 1.49. The first-order valence-corrected chi connectivity index (χ1v) is 8.83. The number of benzene rings is 2. The maximum atomic E-state index is 15.2. The van der Waals surface area contributed by atoms with E-state index in [-0.39, 0.29) is 22.8 Å². The van der Waals surface area contributed by atoms with Gasteiger partial charge in [-0.1, -0.05) is 6.07 Å². The molecule has 1 aliphatic heterocycles. The Balaban J connectivity index is 1.77. The van der Waals surface area contributed by atoms with E-state index in [4.69, 9.17) is 4.74 Å². The Morgan fingerprint density at radius 2 is 1.86 bits per heavy atom. The predicted molar refractivity (Wildman–Crippen MR) is 95.2 cm³/mol. The van der Waals surface area contributed by atoms with E-state index in [1.165, 1.54) is 43.7 Å². The minimum atomic E-state index is -1.92. The van der Waals surface area contributed by atoms with E-state index >= 15 is 4.39 Å². The van der Waals surface area contributed by atoms with Crippen LogP contribution >= 0.6 is 0 Å². The quantitative estimate of drug-likeness (QED) is 0.659. The molecular formula is C20H17F4N3O2. The molecule has 0 amide bonds. The van der Waals surface area contributed by atoms with Crippen LogP contribution in [0, 0.1) is 17.5 Å². The van der Waals surface area contributed by atoms with E-state index in [0.717, 1.165) is 6.07 Å². The number of aliphatic hydroxyl groups excluding tert-OH is 1. The first kappa shape index (κ1) is 19.4. The molecule has 5 nitrogen and oxygen atoms in total. The lowest BCUT2D eigenvalue weighted by Crippen LogP contribution is -2.33. The van der Waals surface area contributed by atoms with E-state index in [2.05, 4.69) is 10.2 Å². The van der Waals surface area contributed by atoms with Gasteiger partial charge in [0, 0.05) is 18.7 Å². The lowest BCUT2D eigenvalue weighted by Gasteiger charge is -2.25. The van der Waals surface area contributed by atoms with Gasteiger partial charge >= 0.3 is 0 Å². The number of nitrogens with zero attached hydrogens (tertiary/aromatic N) is 3. The van der Waals surface area contributed by atoms with Crippen LogP contribution in [0.4, 0.5) is 17.6 Å². The van der Waals surface area contributed by atoms with Gasteiger partial charge in [0.05, 0.1) is 11.7 Å². The molecule has 0 saturated carbocycles. The summed E-state index contributed by atoms with van der Waals surface area (Å²) in [5.41, 5.74) is -1.58. The summed E-state index contributed by atoms with van der Waals surface area (Å²) in [6.45, 7) is 2.85. The van der Waals surface area contributed by atoms with Crippen molar-refractivity contribution in [1.29, 1.82) is 0 Å². The molecule has 3 unspecified atom stereocenters. The van der Waals surface area contributed by atoms with Gasteiger partial charge in [-0.2, -0.15) is 0 Å². The molecule has 0 fully saturated rings. The van der Waals surface area contributed by atoms with Crippen LogP contribution in [0.25, 0.3) is 11.4 Å². The van der Waals surface area contributed by atoms with Crippen molar-refractivity contribution in [2.24, 2.45) is 7.05 Å². The zero-order valence-corrected chi connectivity index (χ0v) is 15.8. The molecule has 0 saturated heterocycles. The molecule has 3 atom stereocenters. The molecule has 1 N–H and O–H groups in total. The predicted octanol–water partition coefficient (Wildman–Crippen LogP) is 4.27. The SMILES string of the molecule is CC(O)c1ccc(-c2nnc(C3(C)Oc4c(F)cc(F)cc4C3F)n2C)c(F)c1. The van der Waals surface area contributed by atoms with Crippen LogP contribution < -0.4 is 4.74 Å². The molecule has 1 aliphatic rings. The minimum Gasteiger partial charge on any atom is -0.473 e. The Kier molecular flexibility index (Phi) is 4.38. The number of aromatic nitrogens is 3. The molecular weight excluding hydrogens is 390 g/mol. The second kappa shape index (κ2) is 6.55. The van der Waals surface area contributed by atoms with Gasteiger partial charge in [-0.25, -0.2) is 17.6 Å². The van der Waals surface area contributed by atoms with Gasteiger partial charge in [-0.05, 0) is 37.6 Å². The van der Waals surface area contributed by atoms with Gasteiger partial charge in [0.1, 0.15) is 11.6 Å². The Morgan fingerprint density at radius 3 is 2.52 bits per heavy atom. The fourth-order valence-corrected chi connectivity index (χ4v) is 3.56. The molecule has 0 aliphatic carbocycles. The van der Waals surface area contributed by atoms with Crippen LogP contribution in [-0.2, 0) is 12.6 Å². The topological polar surface area (TPSA) is 60.2 Å². The molecule has 152 valence electrons. The smallest absolute Gasteiger partial charge is 0.201 e. The number of fused-ring (bicyclic) bond motifs is 1. The van der Waals surface area contributed by atoms with E-state index in [0.29, 0.717) is 11.6 Å². The summed E-state index contributed by atoms with van der Waals surface area (Å²) in [4.78, 5) is 0. The number of halogens is 4. The molecule has 0 bridgehead atoms. The van der Waals surface area contributed by atoms with Gasteiger partial charge in [0.25, 0.3) is 0 Å². The third kappa shape index (κ3) is 2.88. The van der Waals surface area contributed by atoms with Gasteiger partial charge in [-0.3, -0.25) is 0 Å². The Labute approximate surface area is 163 Å². The fourth-order valence-electron chi connectivity index (χ4n) is 3.56. The van der Waals surface area contributed by atoms with Crippen molar-refractivity contribution in [3.63, 3.8) is 0 Å². The number of ether oxygens (including phenoxy) is 1. The van der Waals surface area contributed by atoms with Crippen molar-refractivity contribution in [3.8, 4) is 17.1 Å². The first-order valence-electron chi connectivity index (χ1n) is 8.83. The molecule has 4 rings (SSSR count). The molecule has 3 aromatic rings. The van der Waals surface area contributed by atoms with Crippen molar-refractivity contribution in [3.05, 3.63) is 64.7 Å². The van der Waals surface area contributed by atoms with Crippen LogP contribution in [0.1, 0.15) is 43.1 Å². The standard InChI is InChI=1S/C20H17F4N3O2/c1-9(28)10-4-5-12(14(22)6-10)18-25-26-19(27(18)3)20(2)17(24)13-7-11(21)8-15(23)16(13)29-20/h4-9,17,28H,1-3H3.